The van der Waals surface area contributed by atoms with Crippen molar-refractivity contribution in [2.75, 3.05) is 0 Å². The van der Waals surface area contributed by atoms with Crippen molar-refractivity contribution >= 4 is 0 Å². The number of nitrogens with zero attached hydrogens (tertiary/aromatic N) is 5. The normalized spacial score (nSPS) is 20.3. The van der Waals surface area contributed by atoms with Crippen LogP contribution in [0.25, 0.3) is 0 Å². The Labute approximate surface area is 152 Å². The molecule has 6 nitrogen and oxygen atoms in total. The van der Waals surface area contributed by atoms with Gasteiger partial charge in [-0.15, -0.1) is 10.2 Å². The fourth-order valence-electron chi connectivity index (χ4n) is 4.03. The summed E-state index contributed by atoms with van der Waals surface area (Å²) in [7, 11) is 2.01. The lowest BCUT2D eigenvalue weighted by atomic mass is 9.93. The molecular weight excluding hydrogens is 326 g/mol. The van der Waals surface area contributed by atoms with Gasteiger partial charge in [-0.05, 0) is 30.4 Å². The molecule has 1 fully saturated rings. The molecule has 3 aromatic rings. The zero-order valence-corrected chi connectivity index (χ0v) is 15.2. The summed E-state index contributed by atoms with van der Waals surface area (Å²) in [5, 5.41) is 13.1. The third-order valence-electron chi connectivity index (χ3n) is 5.45. The van der Waals surface area contributed by atoms with Crippen molar-refractivity contribution in [2.24, 2.45) is 7.05 Å². The Kier molecular flexibility index (Phi) is 3.67. The Bertz CT molecular complexity index is 939. The van der Waals surface area contributed by atoms with Crippen molar-refractivity contribution in [3.63, 3.8) is 0 Å². The van der Waals surface area contributed by atoms with Crippen LogP contribution in [0.3, 0.4) is 0 Å². The van der Waals surface area contributed by atoms with Gasteiger partial charge in [0.1, 0.15) is 0 Å². The fourth-order valence-corrected chi connectivity index (χ4v) is 4.03. The lowest BCUT2D eigenvalue weighted by Crippen LogP contribution is -2.34. The lowest BCUT2D eigenvalue weighted by Gasteiger charge is -2.34. The monoisotopic (exact) mass is 349 g/mol. The van der Waals surface area contributed by atoms with Crippen molar-refractivity contribution < 1.29 is 4.42 Å². The molecule has 2 aliphatic rings. The van der Waals surface area contributed by atoms with Gasteiger partial charge < -0.3 is 4.42 Å². The Morgan fingerprint density at radius 2 is 1.96 bits per heavy atom. The van der Waals surface area contributed by atoms with Crippen LogP contribution in [0.1, 0.15) is 59.0 Å². The first-order valence-corrected chi connectivity index (χ1v) is 9.30. The molecule has 2 aromatic heterocycles. The van der Waals surface area contributed by atoms with E-state index in [9.17, 15) is 0 Å². The third kappa shape index (κ3) is 2.84. The number of hydrogen-bond acceptors (Lipinski definition) is 5. The van der Waals surface area contributed by atoms with Crippen LogP contribution in [0.2, 0.25) is 0 Å². The molecule has 1 unspecified atom stereocenters. The van der Waals surface area contributed by atoms with Gasteiger partial charge >= 0.3 is 0 Å². The largest absolute Gasteiger partial charge is 0.424 e. The molecule has 1 aliphatic heterocycles. The van der Waals surface area contributed by atoms with Crippen LogP contribution < -0.4 is 0 Å². The Balaban J connectivity index is 1.50. The van der Waals surface area contributed by atoms with Crippen LogP contribution in [-0.4, -0.2) is 24.9 Å². The minimum Gasteiger partial charge on any atom is -0.424 e. The van der Waals surface area contributed by atoms with Crippen molar-refractivity contribution in [2.45, 2.75) is 51.2 Å². The quantitative estimate of drug-likeness (QED) is 0.723. The summed E-state index contributed by atoms with van der Waals surface area (Å²) in [4.78, 5) is 2.46. The van der Waals surface area contributed by atoms with Crippen molar-refractivity contribution in [3.05, 3.63) is 64.6 Å². The summed E-state index contributed by atoms with van der Waals surface area (Å²) in [5.41, 5.74) is 5.36. The van der Waals surface area contributed by atoms with Gasteiger partial charge in [-0.3, -0.25) is 9.58 Å². The molecule has 0 radical (unpaired) electrons. The average molecular weight is 349 g/mol. The van der Waals surface area contributed by atoms with E-state index in [1.54, 1.807) is 0 Å². The van der Waals surface area contributed by atoms with E-state index in [2.05, 4.69) is 45.6 Å². The molecule has 0 bridgehead atoms. The zero-order chi connectivity index (χ0) is 17.7. The highest BCUT2D eigenvalue weighted by molar-refractivity contribution is 5.32. The molecular formula is C20H23N5O. The molecule has 3 heterocycles. The van der Waals surface area contributed by atoms with Crippen LogP contribution in [0.5, 0.6) is 0 Å². The second-order valence-corrected chi connectivity index (χ2v) is 7.54. The van der Waals surface area contributed by atoms with Crippen molar-refractivity contribution in [1.82, 2.24) is 24.9 Å². The van der Waals surface area contributed by atoms with E-state index in [0.29, 0.717) is 17.7 Å². The van der Waals surface area contributed by atoms with E-state index in [1.165, 1.54) is 35.2 Å². The number of benzene rings is 1. The Hall–Kier alpha value is -2.47. The predicted octanol–water partition coefficient (Wildman–Crippen LogP) is 3.29. The first-order valence-electron chi connectivity index (χ1n) is 9.30. The maximum atomic E-state index is 5.82. The van der Waals surface area contributed by atoms with Gasteiger partial charge in [-0.2, -0.15) is 5.10 Å². The van der Waals surface area contributed by atoms with E-state index in [4.69, 9.17) is 9.52 Å². The van der Waals surface area contributed by atoms with Crippen LogP contribution in [0.15, 0.2) is 34.9 Å². The van der Waals surface area contributed by atoms with Gasteiger partial charge in [0.05, 0.1) is 11.7 Å². The first kappa shape index (κ1) is 15.8. The number of hydrogen-bond donors (Lipinski definition) is 0. The van der Waals surface area contributed by atoms with E-state index in [1.807, 2.05) is 18.7 Å². The average Bonchev–Trinajstić information content (AvgIpc) is 3.29. The molecule has 6 heteroatoms. The maximum absolute atomic E-state index is 5.82. The van der Waals surface area contributed by atoms with Crippen LogP contribution in [0, 0.1) is 6.92 Å². The summed E-state index contributed by atoms with van der Waals surface area (Å²) in [6.45, 7) is 3.60. The first-order chi connectivity index (χ1) is 12.7. The third-order valence-corrected chi connectivity index (χ3v) is 5.45. The number of aryl methyl sites for hydroxylation is 2. The maximum Gasteiger partial charge on any atom is 0.233 e. The van der Waals surface area contributed by atoms with E-state index >= 15 is 0 Å². The molecule has 1 atom stereocenters. The van der Waals surface area contributed by atoms with Gasteiger partial charge in [0.25, 0.3) is 0 Å². The van der Waals surface area contributed by atoms with E-state index < -0.39 is 0 Å². The molecule has 0 spiro atoms. The van der Waals surface area contributed by atoms with Gasteiger partial charge in [0.2, 0.25) is 11.8 Å². The summed E-state index contributed by atoms with van der Waals surface area (Å²) in [5.74, 6) is 1.99. The molecule has 1 saturated carbocycles. The van der Waals surface area contributed by atoms with Gasteiger partial charge in [0, 0.05) is 44.7 Å². The lowest BCUT2D eigenvalue weighted by molar-refractivity contribution is 0.137. The fraction of sp³-hybridized carbons (Fsp3) is 0.450. The molecule has 0 N–H and O–H groups in total. The summed E-state index contributed by atoms with van der Waals surface area (Å²) in [6.07, 6.45) is 5.60. The molecule has 1 aromatic carbocycles. The Morgan fingerprint density at radius 1 is 1.15 bits per heavy atom. The zero-order valence-electron chi connectivity index (χ0n) is 15.2. The number of aromatic nitrogens is 4. The topological polar surface area (TPSA) is 60.0 Å². The molecule has 134 valence electrons. The molecule has 5 rings (SSSR count). The summed E-state index contributed by atoms with van der Waals surface area (Å²) < 4.78 is 7.77. The second kappa shape index (κ2) is 6.06. The van der Waals surface area contributed by atoms with E-state index in [0.717, 1.165) is 19.5 Å². The van der Waals surface area contributed by atoms with Crippen LogP contribution >= 0.6 is 0 Å². The van der Waals surface area contributed by atoms with Crippen molar-refractivity contribution in [3.8, 4) is 0 Å². The summed E-state index contributed by atoms with van der Waals surface area (Å²) in [6, 6.07) is 8.77. The van der Waals surface area contributed by atoms with E-state index in [-0.39, 0.29) is 6.04 Å². The summed E-state index contributed by atoms with van der Waals surface area (Å²) >= 11 is 0. The van der Waals surface area contributed by atoms with Crippen LogP contribution in [-0.2, 0) is 26.6 Å². The highest BCUT2D eigenvalue weighted by Gasteiger charge is 2.34. The number of rotatable bonds is 4. The minimum atomic E-state index is 0.110. The predicted molar refractivity (Wildman–Crippen MR) is 96.4 cm³/mol. The molecule has 26 heavy (non-hydrogen) atoms. The highest BCUT2D eigenvalue weighted by Crippen LogP contribution is 2.42. The van der Waals surface area contributed by atoms with Crippen LogP contribution in [0.4, 0.5) is 0 Å². The second-order valence-electron chi connectivity index (χ2n) is 7.54. The van der Waals surface area contributed by atoms with Gasteiger partial charge in [-0.1, -0.05) is 24.3 Å². The number of fused-ring (bicyclic) bond motifs is 1. The highest BCUT2D eigenvalue weighted by atomic mass is 16.4. The standard InChI is InChI=1S/C20H23N5O/c1-13-21-22-20(26-13)18-9-15-5-3-4-6-16(15)11-25(18)12-17-10-24(2)23-19(17)14-7-8-14/h3-6,10,14,18H,7-9,11-12H2,1-2H3. The smallest absolute Gasteiger partial charge is 0.233 e. The minimum absolute atomic E-state index is 0.110. The molecule has 0 saturated heterocycles. The molecule has 1 aliphatic carbocycles. The Morgan fingerprint density at radius 3 is 2.69 bits per heavy atom. The van der Waals surface area contributed by atoms with Crippen molar-refractivity contribution in [1.29, 1.82) is 0 Å². The van der Waals surface area contributed by atoms with Gasteiger partial charge in [0.15, 0.2) is 0 Å². The molecule has 0 amide bonds. The van der Waals surface area contributed by atoms with Gasteiger partial charge in [-0.25, -0.2) is 0 Å². The SMILES string of the molecule is Cc1nnc(C2Cc3ccccc3CN2Cc2cn(C)nc2C2CC2)o1.